The zero-order valence-corrected chi connectivity index (χ0v) is 9.22. The molecule has 0 aromatic heterocycles. The summed E-state index contributed by atoms with van der Waals surface area (Å²) < 4.78 is 0. The van der Waals surface area contributed by atoms with Crippen molar-refractivity contribution in [3.8, 4) is 0 Å². The maximum Gasteiger partial charge on any atom is -0.000108 e. The fourth-order valence-electron chi connectivity index (χ4n) is 1.09. The summed E-state index contributed by atoms with van der Waals surface area (Å²) in [5, 5.41) is 12.8. The smallest absolute Gasteiger partial charge is 0.000108 e. The van der Waals surface area contributed by atoms with Crippen molar-refractivity contribution < 1.29 is 0 Å². The summed E-state index contributed by atoms with van der Waals surface area (Å²) in [6, 6.07) is 0.188. The minimum atomic E-state index is 0.0887. The van der Waals surface area contributed by atoms with E-state index in [1.165, 1.54) is 5.06 Å². The van der Waals surface area contributed by atoms with E-state index < -0.39 is 0 Å². The average molecular weight is 172 g/mol. The lowest BCUT2D eigenvalue weighted by atomic mass is 9.82. The Hall–Kier alpha value is -0.0800. The van der Waals surface area contributed by atoms with Crippen molar-refractivity contribution in [2.75, 3.05) is 0 Å². The Morgan fingerprint density at radius 1 is 1.25 bits per heavy atom. The molecule has 0 saturated carbocycles. The van der Waals surface area contributed by atoms with Crippen molar-refractivity contribution in [1.29, 1.82) is 0 Å². The molecule has 0 saturated heterocycles. The lowest BCUT2D eigenvalue weighted by molar-refractivity contribution is 0.116. The predicted octanol–water partition coefficient (Wildman–Crippen LogP) is 3.02. The maximum atomic E-state index is 11.6. The summed E-state index contributed by atoms with van der Waals surface area (Å²) >= 11 is 0. The fraction of sp³-hybridized carbons (Fsp3) is 1.00. The van der Waals surface area contributed by atoms with Crippen molar-refractivity contribution in [2.24, 2.45) is 5.41 Å². The molecule has 0 bridgehead atoms. The van der Waals surface area contributed by atoms with Crippen LogP contribution in [0.15, 0.2) is 0 Å². The summed E-state index contributed by atoms with van der Waals surface area (Å²) in [7, 11) is 0. The van der Waals surface area contributed by atoms with Crippen LogP contribution < -0.4 is 0 Å². The highest BCUT2D eigenvalue weighted by Gasteiger charge is 2.25. The van der Waals surface area contributed by atoms with Gasteiger partial charge >= 0.3 is 0 Å². The Balaban J connectivity index is 4.27. The van der Waals surface area contributed by atoms with Crippen LogP contribution in [0.4, 0.5) is 0 Å². The molecule has 74 valence electrons. The average Bonchev–Trinajstić information content (AvgIpc) is 2.01. The second-order valence-corrected chi connectivity index (χ2v) is 4.47. The lowest BCUT2D eigenvalue weighted by Crippen LogP contribution is -2.43. The molecule has 0 N–H and O–H groups in total. The summed E-state index contributed by atoms with van der Waals surface area (Å²) in [5.74, 6) is 0. The van der Waals surface area contributed by atoms with E-state index in [2.05, 4.69) is 20.8 Å². The number of hydroxylamine groups is 2. The van der Waals surface area contributed by atoms with Crippen LogP contribution in [-0.2, 0) is 0 Å². The Morgan fingerprint density at radius 2 is 1.67 bits per heavy atom. The summed E-state index contributed by atoms with van der Waals surface area (Å²) in [6.07, 6.45) is 1.04. The highest BCUT2D eigenvalue weighted by atomic mass is 16.5. The van der Waals surface area contributed by atoms with E-state index in [1.807, 2.05) is 20.8 Å². The van der Waals surface area contributed by atoms with Gasteiger partial charge in [0.15, 0.2) is 0 Å². The molecule has 2 nitrogen and oxygen atoms in total. The van der Waals surface area contributed by atoms with E-state index in [1.54, 1.807) is 0 Å². The van der Waals surface area contributed by atoms with Crippen molar-refractivity contribution >= 4 is 0 Å². The topological polar surface area (TPSA) is 26.3 Å². The van der Waals surface area contributed by atoms with E-state index in [4.69, 9.17) is 0 Å². The molecule has 2 heteroatoms. The molecule has 0 unspecified atom stereocenters. The number of rotatable bonds is 4. The van der Waals surface area contributed by atoms with Gasteiger partial charge in [-0.2, -0.15) is 0 Å². The van der Waals surface area contributed by atoms with Gasteiger partial charge in [0.1, 0.15) is 0 Å². The monoisotopic (exact) mass is 172 g/mol. The van der Waals surface area contributed by atoms with Gasteiger partial charge in [0.25, 0.3) is 0 Å². The highest BCUT2D eigenvalue weighted by molar-refractivity contribution is 4.83. The van der Waals surface area contributed by atoms with Crippen LogP contribution >= 0.6 is 0 Å². The predicted molar refractivity (Wildman–Crippen MR) is 53.9 cm³/mol. The van der Waals surface area contributed by atoms with Gasteiger partial charge in [0.2, 0.25) is 0 Å². The van der Waals surface area contributed by atoms with Crippen molar-refractivity contribution in [3.05, 3.63) is 5.21 Å². The maximum absolute atomic E-state index is 11.6. The van der Waals surface area contributed by atoms with Gasteiger partial charge in [-0.1, -0.05) is 34.6 Å². The van der Waals surface area contributed by atoms with Gasteiger partial charge in [-0.15, -0.1) is 0 Å². The van der Waals surface area contributed by atoms with Crippen molar-refractivity contribution in [2.45, 2.75) is 60.0 Å². The standard InChI is InChI=1S/C10H22NO/c1-7-10(5,6)9(4)11(12)8(2)3/h8-9H,7H2,1-6H3/q-1/t9-/m0/s1. The van der Waals surface area contributed by atoms with Crippen LogP contribution in [0.3, 0.4) is 0 Å². The van der Waals surface area contributed by atoms with Crippen LogP contribution in [0.5, 0.6) is 0 Å². The zero-order valence-electron chi connectivity index (χ0n) is 9.22. The van der Waals surface area contributed by atoms with Crippen molar-refractivity contribution in [3.63, 3.8) is 0 Å². The van der Waals surface area contributed by atoms with Crippen LogP contribution in [0.1, 0.15) is 48.0 Å². The molecule has 0 spiro atoms. The molecule has 0 fully saturated rings. The molecule has 0 aromatic rings. The molecule has 1 atom stereocenters. The third kappa shape index (κ3) is 2.76. The summed E-state index contributed by atoms with van der Waals surface area (Å²) in [5.41, 5.74) is 0.117. The molecular formula is C10H22NO-. The first-order valence-corrected chi connectivity index (χ1v) is 4.78. The van der Waals surface area contributed by atoms with E-state index in [0.29, 0.717) is 0 Å². The van der Waals surface area contributed by atoms with Gasteiger partial charge in [0.05, 0.1) is 0 Å². The second kappa shape index (κ2) is 4.24. The Labute approximate surface area is 76.5 Å². The third-order valence-corrected chi connectivity index (χ3v) is 2.93. The fourth-order valence-corrected chi connectivity index (χ4v) is 1.09. The van der Waals surface area contributed by atoms with Crippen LogP contribution in [-0.4, -0.2) is 17.1 Å². The molecule has 0 radical (unpaired) electrons. The van der Waals surface area contributed by atoms with Gasteiger partial charge < -0.3 is 10.3 Å². The van der Waals surface area contributed by atoms with E-state index in [9.17, 15) is 5.21 Å². The Morgan fingerprint density at radius 3 is 1.92 bits per heavy atom. The number of hydrogen-bond acceptors (Lipinski definition) is 2. The molecule has 0 aliphatic carbocycles. The summed E-state index contributed by atoms with van der Waals surface area (Å²) in [4.78, 5) is 0. The Kier molecular flexibility index (Phi) is 4.21. The van der Waals surface area contributed by atoms with Crippen molar-refractivity contribution in [1.82, 2.24) is 5.06 Å². The third-order valence-electron chi connectivity index (χ3n) is 2.93. The minimum absolute atomic E-state index is 0.0887. The second-order valence-electron chi connectivity index (χ2n) is 4.47. The van der Waals surface area contributed by atoms with E-state index in [0.717, 1.165) is 6.42 Å². The van der Waals surface area contributed by atoms with E-state index >= 15 is 0 Å². The first kappa shape index (κ1) is 11.9. The summed E-state index contributed by atoms with van der Waals surface area (Å²) in [6.45, 7) is 12.3. The lowest BCUT2D eigenvalue weighted by Gasteiger charge is -2.46. The first-order chi connectivity index (χ1) is 5.33. The minimum Gasteiger partial charge on any atom is -0.785 e. The largest absolute Gasteiger partial charge is 0.785 e. The van der Waals surface area contributed by atoms with Gasteiger partial charge in [0, 0.05) is 0 Å². The molecule has 12 heavy (non-hydrogen) atoms. The Bertz CT molecular complexity index is 132. The highest BCUT2D eigenvalue weighted by Crippen LogP contribution is 2.28. The normalized spacial score (nSPS) is 15.8. The zero-order chi connectivity index (χ0) is 9.94. The SMILES string of the molecule is CCC(C)(C)[C@H](C)N([O-])C(C)C. The molecule has 0 rings (SSSR count). The van der Waals surface area contributed by atoms with Crippen LogP contribution in [0.25, 0.3) is 0 Å². The van der Waals surface area contributed by atoms with Crippen LogP contribution in [0, 0.1) is 10.6 Å². The molecule has 0 aliphatic rings. The van der Waals surface area contributed by atoms with Gasteiger partial charge in [-0.3, -0.25) is 0 Å². The first-order valence-electron chi connectivity index (χ1n) is 4.78. The van der Waals surface area contributed by atoms with Crippen LogP contribution in [0.2, 0.25) is 0 Å². The number of hydrogen-bond donors (Lipinski definition) is 0. The van der Waals surface area contributed by atoms with Gasteiger partial charge in [-0.25, -0.2) is 0 Å². The molecule has 0 amide bonds. The number of nitrogens with zero attached hydrogens (tertiary/aromatic N) is 1. The molecular weight excluding hydrogens is 150 g/mol. The quantitative estimate of drug-likeness (QED) is 0.609. The molecule has 0 heterocycles. The van der Waals surface area contributed by atoms with E-state index in [-0.39, 0.29) is 17.5 Å². The molecule has 0 aliphatic heterocycles. The van der Waals surface area contributed by atoms with Gasteiger partial charge in [-0.05, 0) is 30.8 Å². The molecule has 0 aromatic carbocycles.